The van der Waals surface area contributed by atoms with Gasteiger partial charge in [-0.1, -0.05) is 12.1 Å². The Balaban J connectivity index is 0.000000165. The van der Waals surface area contributed by atoms with E-state index in [1.165, 1.54) is 25.7 Å². The number of ether oxygens (including phenoxy) is 4. The van der Waals surface area contributed by atoms with Crippen molar-refractivity contribution in [3.8, 4) is 23.0 Å². The van der Waals surface area contributed by atoms with E-state index in [1.54, 1.807) is 0 Å². The summed E-state index contributed by atoms with van der Waals surface area (Å²) in [6.07, 6.45) is 3.75. The number of aliphatic hydroxyl groups is 2. The molecule has 4 aliphatic rings. The van der Waals surface area contributed by atoms with Gasteiger partial charge in [-0.3, -0.25) is 0 Å². The number of hydrogen-bond donors (Lipinski definition) is 4. The summed E-state index contributed by atoms with van der Waals surface area (Å²) in [6, 6.07) is 11.0. The molecule has 41 heavy (non-hydrogen) atoms. The fraction of sp³-hybridized carbons (Fsp3) is 0.613. The van der Waals surface area contributed by atoms with Gasteiger partial charge in [0.25, 0.3) is 0 Å². The number of rotatable bonds is 9. The number of aliphatic hydroxyl groups excluding tert-OH is 2. The van der Waals surface area contributed by atoms with E-state index in [-0.39, 0.29) is 12.1 Å². The summed E-state index contributed by atoms with van der Waals surface area (Å²) in [4.78, 5) is 4.72. The number of nitrogens with zero attached hydrogens (tertiary/aromatic N) is 2. The van der Waals surface area contributed by atoms with Crippen LogP contribution in [0.1, 0.15) is 49.0 Å². The molecule has 0 aliphatic carbocycles. The number of likely N-dealkylation sites (tertiary alicyclic amines) is 2. The lowest BCUT2D eigenvalue weighted by atomic mass is 10.0. The van der Waals surface area contributed by atoms with Crippen molar-refractivity contribution in [3.05, 3.63) is 47.5 Å². The maximum absolute atomic E-state index is 10.7. The number of fused-ring (bicyclic) bond motifs is 2. The lowest BCUT2D eigenvalue weighted by Crippen LogP contribution is -2.42. The zero-order chi connectivity index (χ0) is 28.6. The lowest BCUT2D eigenvalue weighted by Gasteiger charge is -2.28. The molecule has 0 saturated carbocycles. The third kappa shape index (κ3) is 7.82. The van der Waals surface area contributed by atoms with Crippen LogP contribution in [0.5, 0.6) is 23.0 Å². The molecule has 2 fully saturated rings. The van der Waals surface area contributed by atoms with E-state index in [4.69, 9.17) is 24.7 Å². The summed E-state index contributed by atoms with van der Waals surface area (Å²) >= 11 is 0. The zero-order valence-electron chi connectivity index (χ0n) is 24.2. The second-order valence-electron chi connectivity index (χ2n) is 11.3. The molecule has 10 nitrogen and oxygen atoms in total. The van der Waals surface area contributed by atoms with Crippen molar-refractivity contribution in [2.75, 3.05) is 72.7 Å². The highest BCUT2D eigenvalue weighted by Crippen LogP contribution is 2.34. The van der Waals surface area contributed by atoms with E-state index >= 15 is 0 Å². The van der Waals surface area contributed by atoms with Crippen molar-refractivity contribution in [1.29, 1.82) is 0 Å². The minimum absolute atomic E-state index is 0.0191. The van der Waals surface area contributed by atoms with Gasteiger partial charge in [-0.15, -0.1) is 0 Å². The topological polar surface area (TPSA) is 122 Å². The summed E-state index contributed by atoms with van der Waals surface area (Å²) in [7, 11) is 1.90. The van der Waals surface area contributed by atoms with Crippen LogP contribution in [0.2, 0.25) is 0 Å². The van der Waals surface area contributed by atoms with Crippen LogP contribution in [-0.2, 0) is 0 Å². The van der Waals surface area contributed by atoms with Crippen molar-refractivity contribution in [1.82, 2.24) is 15.1 Å². The second kappa shape index (κ2) is 14.5. The number of nitrogens with two attached hydrogens (primary N) is 1. The Morgan fingerprint density at radius 3 is 1.61 bits per heavy atom. The van der Waals surface area contributed by atoms with Gasteiger partial charge < -0.3 is 50.0 Å². The van der Waals surface area contributed by atoms with Crippen molar-refractivity contribution >= 4 is 0 Å². The smallest absolute Gasteiger partial charge is 0.161 e. The van der Waals surface area contributed by atoms with Crippen LogP contribution < -0.4 is 30.0 Å². The fourth-order valence-corrected chi connectivity index (χ4v) is 5.92. The molecule has 0 aromatic heterocycles. The standard InChI is InChI=1S/C16H24N2O3.C15H22N2O3/c1-17-13(11-18-6-2-3-7-18)16(19)12-4-5-14-15(10-12)21-9-8-20-14;16-12(10-17-5-1-2-6-17)15(18)11-3-4-13-14(9-11)20-8-7-19-13/h4-5,10,13,16-17,19H,2-3,6-9,11H2,1H3;3-4,9,12,15,18H,1-2,5-8,10,16H2/t13-,16-;12-,15-/m11/s1. The van der Waals surface area contributed by atoms with Gasteiger partial charge in [-0.05, 0) is 94.3 Å². The molecule has 2 aromatic carbocycles. The monoisotopic (exact) mass is 570 g/mol. The molecule has 0 amide bonds. The largest absolute Gasteiger partial charge is 0.486 e. The first-order chi connectivity index (χ1) is 20.0. The molecule has 226 valence electrons. The van der Waals surface area contributed by atoms with Crippen molar-refractivity contribution in [2.45, 2.75) is 50.0 Å². The summed E-state index contributed by atoms with van der Waals surface area (Å²) in [5.41, 5.74) is 7.81. The lowest BCUT2D eigenvalue weighted by molar-refractivity contribution is 0.109. The van der Waals surface area contributed by atoms with Crippen molar-refractivity contribution in [2.24, 2.45) is 5.73 Å². The molecule has 6 rings (SSSR count). The Hall–Kier alpha value is -2.60. The van der Waals surface area contributed by atoms with Gasteiger partial charge in [0.1, 0.15) is 26.4 Å². The highest BCUT2D eigenvalue weighted by atomic mass is 16.6. The van der Waals surface area contributed by atoms with Gasteiger partial charge in [-0.2, -0.15) is 0 Å². The van der Waals surface area contributed by atoms with Gasteiger partial charge in [0.05, 0.1) is 12.2 Å². The van der Waals surface area contributed by atoms with E-state index < -0.39 is 12.2 Å². The van der Waals surface area contributed by atoms with E-state index in [1.807, 2.05) is 43.4 Å². The molecule has 0 radical (unpaired) electrons. The number of hydrogen-bond acceptors (Lipinski definition) is 10. The molecular formula is C31H46N4O6. The first-order valence-corrected chi connectivity index (χ1v) is 15.0. The highest BCUT2D eigenvalue weighted by Gasteiger charge is 2.26. The van der Waals surface area contributed by atoms with E-state index in [9.17, 15) is 10.2 Å². The average molecular weight is 571 g/mol. The Morgan fingerprint density at radius 1 is 0.683 bits per heavy atom. The van der Waals surface area contributed by atoms with Crippen LogP contribution >= 0.6 is 0 Å². The second-order valence-corrected chi connectivity index (χ2v) is 11.3. The SMILES string of the molecule is CN[C@H](CN1CCCC1)[C@H](O)c1ccc2c(c1)OCCO2.N[C@H](CN1CCCC1)[C@H](O)c1ccc2c(c1)OCCO2. The normalized spacial score (nSPS) is 21.5. The molecule has 5 N–H and O–H groups in total. The maximum Gasteiger partial charge on any atom is 0.161 e. The molecule has 4 heterocycles. The highest BCUT2D eigenvalue weighted by molar-refractivity contribution is 5.45. The molecular weight excluding hydrogens is 524 g/mol. The van der Waals surface area contributed by atoms with Gasteiger partial charge in [0, 0.05) is 25.2 Å². The van der Waals surface area contributed by atoms with Crippen LogP contribution in [0.25, 0.3) is 0 Å². The summed E-state index contributed by atoms with van der Waals surface area (Å²) < 4.78 is 22.1. The number of likely N-dealkylation sites (N-methyl/N-ethyl adjacent to an activating group) is 1. The first kappa shape index (κ1) is 29.9. The molecule has 4 aliphatic heterocycles. The molecule has 0 bridgehead atoms. The van der Waals surface area contributed by atoms with Crippen LogP contribution in [-0.4, -0.2) is 105 Å². The molecule has 2 saturated heterocycles. The summed E-state index contributed by atoms with van der Waals surface area (Å²) in [5, 5.41) is 24.3. The first-order valence-electron chi connectivity index (χ1n) is 15.0. The third-order valence-electron chi connectivity index (χ3n) is 8.29. The fourth-order valence-electron chi connectivity index (χ4n) is 5.92. The summed E-state index contributed by atoms with van der Waals surface area (Å²) in [5.74, 6) is 2.92. The van der Waals surface area contributed by atoms with E-state index in [2.05, 4.69) is 15.1 Å². The Bertz CT molecular complexity index is 1110. The minimum Gasteiger partial charge on any atom is -0.486 e. The Kier molecular flexibility index (Phi) is 10.6. The van der Waals surface area contributed by atoms with Gasteiger partial charge in [0.15, 0.2) is 23.0 Å². The Labute approximate surface area is 243 Å². The van der Waals surface area contributed by atoms with Crippen LogP contribution in [0, 0.1) is 0 Å². The molecule has 4 atom stereocenters. The molecule has 0 spiro atoms. The van der Waals surface area contributed by atoms with Crippen LogP contribution in [0.3, 0.4) is 0 Å². The van der Waals surface area contributed by atoms with Crippen LogP contribution in [0.4, 0.5) is 0 Å². The van der Waals surface area contributed by atoms with E-state index in [0.717, 1.165) is 67.6 Å². The minimum atomic E-state index is -0.675. The van der Waals surface area contributed by atoms with Gasteiger partial charge in [0.2, 0.25) is 0 Å². The third-order valence-corrected chi connectivity index (χ3v) is 8.29. The zero-order valence-corrected chi connectivity index (χ0v) is 24.2. The van der Waals surface area contributed by atoms with Crippen molar-refractivity contribution < 1.29 is 29.2 Å². The summed E-state index contributed by atoms with van der Waals surface area (Å²) in [6.45, 7) is 8.30. The quantitative estimate of drug-likeness (QED) is 0.357. The number of benzene rings is 2. The van der Waals surface area contributed by atoms with E-state index in [0.29, 0.717) is 32.2 Å². The molecule has 0 unspecified atom stereocenters. The van der Waals surface area contributed by atoms with Gasteiger partial charge in [-0.25, -0.2) is 0 Å². The Morgan fingerprint density at radius 2 is 1.12 bits per heavy atom. The molecule has 10 heteroatoms. The molecule has 2 aromatic rings. The predicted octanol–water partition coefficient (Wildman–Crippen LogP) is 2.09. The average Bonchev–Trinajstić information content (AvgIpc) is 3.74. The van der Waals surface area contributed by atoms with Crippen molar-refractivity contribution in [3.63, 3.8) is 0 Å². The predicted molar refractivity (Wildman–Crippen MR) is 157 cm³/mol. The van der Waals surface area contributed by atoms with Gasteiger partial charge >= 0.3 is 0 Å². The maximum atomic E-state index is 10.7. The number of nitrogens with one attached hydrogen (secondary N) is 1. The van der Waals surface area contributed by atoms with Crippen LogP contribution in [0.15, 0.2) is 36.4 Å².